The van der Waals surface area contributed by atoms with Crippen molar-refractivity contribution in [3.63, 3.8) is 0 Å². The van der Waals surface area contributed by atoms with Gasteiger partial charge in [0, 0.05) is 20.4 Å². The van der Waals surface area contributed by atoms with Crippen molar-refractivity contribution < 1.29 is 23.9 Å². The highest BCUT2D eigenvalue weighted by atomic mass is 79.9. The number of nitrogens with zero attached hydrogens (tertiary/aromatic N) is 1. The molecule has 1 aliphatic heterocycles. The summed E-state index contributed by atoms with van der Waals surface area (Å²) in [6.45, 7) is 0.807. The summed E-state index contributed by atoms with van der Waals surface area (Å²) in [6, 6.07) is 5.06. The van der Waals surface area contributed by atoms with Crippen molar-refractivity contribution in [1.29, 1.82) is 0 Å². The van der Waals surface area contributed by atoms with Gasteiger partial charge in [0.2, 0.25) is 11.8 Å². The molecule has 2 bridgehead atoms. The fourth-order valence-corrected chi connectivity index (χ4v) is 6.85. The lowest BCUT2D eigenvalue weighted by molar-refractivity contribution is -0.154. The molecule has 10 heteroatoms. The normalized spacial score (nSPS) is 31.8. The van der Waals surface area contributed by atoms with Gasteiger partial charge in [0.25, 0.3) is 5.91 Å². The molecular formula is C20H19Br2ClN2O5. The van der Waals surface area contributed by atoms with Crippen molar-refractivity contribution in [3.05, 3.63) is 28.8 Å². The number of carbonyl (C=O) groups excluding carboxylic acids is 4. The zero-order chi connectivity index (χ0) is 21.7. The van der Waals surface area contributed by atoms with E-state index >= 15 is 0 Å². The summed E-state index contributed by atoms with van der Waals surface area (Å²) in [4.78, 5) is 51.1. The van der Waals surface area contributed by atoms with Gasteiger partial charge in [0.1, 0.15) is 6.54 Å². The smallest absolute Gasteiger partial charge is 0.326 e. The van der Waals surface area contributed by atoms with Gasteiger partial charge in [0.15, 0.2) is 6.61 Å². The van der Waals surface area contributed by atoms with Crippen LogP contribution in [0.4, 0.5) is 5.69 Å². The molecule has 3 aliphatic rings. The molecule has 1 N–H and O–H groups in total. The number of hydrogen-bond donors (Lipinski definition) is 1. The van der Waals surface area contributed by atoms with Crippen molar-refractivity contribution in [2.75, 3.05) is 18.5 Å². The van der Waals surface area contributed by atoms with Crippen LogP contribution >= 0.6 is 43.5 Å². The monoisotopic (exact) mass is 560 g/mol. The first-order valence-electron chi connectivity index (χ1n) is 9.54. The molecule has 6 atom stereocenters. The van der Waals surface area contributed by atoms with Gasteiger partial charge >= 0.3 is 5.97 Å². The van der Waals surface area contributed by atoms with Gasteiger partial charge < -0.3 is 10.1 Å². The van der Waals surface area contributed by atoms with E-state index in [1.807, 2.05) is 6.92 Å². The first-order valence-corrected chi connectivity index (χ1v) is 11.7. The first-order chi connectivity index (χ1) is 14.2. The van der Waals surface area contributed by atoms with Crippen LogP contribution in [0.15, 0.2) is 18.2 Å². The SMILES string of the molecule is Cc1ccc(Cl)cc1NC(=O)COC(=O)CN1C(=O)[C@@H]2[C@H]3C[C@@H]([C@H](Br)[C@@H]3Br)[C@@H]2C1=O. The van der Waals surface area contributed by atoms with Crippen LogP contribution in [0, 0.1) is 30.6 Å². The van der Waals surface area contributed by atoms with Gasteiger partial charge in [-0.15, -0.1) is 0 Å². The highest BCUT2D eigenvalue weighted by molar-refractivity contribution is 9.12. The number of benzene rings is 1. The number of esters is 1. The maximum absolute atomic E-state index is 12.8. The molecule has 0 radical (unpaired) electrons. The number of halogens is 3. The van der Waals surface area contributed by atoms with E-state index in [1.165, 1.54) is 0 Å². The quantitative estimate of drug-likeness (QED) is 0.339. The van der Waals surface area contributed by atoms with Crippen molar-refractivity contribution >= 4 is 72.8 Å². The van der Waals surface area contributed by atoms with Crippen LogP contribution < -0.4 is 5.32 Å². The molecule has 7 nitrogen and oxygen atoms in total. The highest BCUT2D eigenvalue weighted by Gasteiger charge is 2.66. The maximum Gasteiger partial charge on any atom is 0.326 e. The van der Waals surface area contributed by atoms with E-state index in [2.05, 4.69) is 37.2 Å². The number of ether oxygens (including phenoxy) is 1. The average molecular weight is 563 g/mol. The van der Waals surface area contributed by atoms with Crippen LogP contribution in [0.1, 0.15) is 12.0 Å². The molecule has 160 valence electrons. The molecule has 3 fully saturated rings. The summed E-state index contributed by atoms with van der Waals surface area (Å²) < 4.78 is 4.99. The van der Waals surface area contributed by atoms with Crippen LogP contribution in [0.2, 0.25) is 5.02 Å². The Balaban J connectivity index is 1.32. The molecular weight excluding hydrogens is 543 g/mol. The van der Waals surface area contributed by atoms with Crippen LogP contribution in [-0.4, -0.2) is 51.4 Å². The lowest BCUT2D eigenvalue weighted by Gasteiger charge is -2.28. The number of imide groups is 1. The topological polar surface area (TPSA) is 92.8 Å². The standard InChI is InChI=1S/C20H19Br2ClN2O5/c1-8-2-3-9(23)4-12(8)24-13(26)7-30-14(27)6-25-19(28)15-10-5-11(16(15)20(25)29)18(22)17(10)21/h2-4,10-11,15-18H,5-7H2,1H3,(H,24,26)/t10-,11-,15-,16+,17-,18+/m1/s1. The molecule has 2 aliphatic carbocycles. The van der Waals surface area contributed by atoms with Gasteiger partial charge in [-0.25, -0.2) is 0 Å². The minimum Gasteiger partial charge on any atom is -0.454 e. The highest BCUT2D eigenvalue weighted by Crippen LogP contribution is 2.60. The Hall–Kier alpha value is -1.45. The Morgan fingerprint density at radius 3 is 2.37 bits per heavy atom. The Kier molecular flexibility index (Phi) is 5.98. The largest absolute Gasteiger partial charge is 0.454 e. The van der Waals surface area contributed by atoms with Crippen LogP contribution in [0.5, 0.6) is 0 Å². The Morgan fingerprint density at radius 1 is 1.17 bits per heavy atom. The second-order valence-corrected chi connectivity index (χ2v) is 10.5. The summed E-state index contributed by atoms with van der Waals surface area (Å²) in [7, 11) is 0. The summed E-state index contributed by atoms with van der Waals surface area (Å²) >= 11 is 13.2. The number of rotatable bonds is 5. The van der Waals surface area contributed by atoms with E-state index in [9.17, 15) is 19.2 Å². The average Bonchev–Trinajstić information content (AvgIpc) is 3.30. The number of fused-ring (bicyclic) bond motifs is 5. The third-order valence-corrected chi connectivity index (χ3v) is 9.65. The molecule has 0 unspecified atom stereocenters. The van der Waals surface area contributed by atoms with Gasteiger partial charge in [-0.2, -0.15) is 0 Å². The number of amides is 3. The Labute approximate surface area is 195 Å². The molecule has 0 aromatic heterocycles. The van der Waals surface area contributed by atoms with Crippen molar-refractivity contribution in [2.24, 2.45) is 23.7 Å². The summed E-state index contributed by atoms with van der Waals surface area (Å²) in [5, 5.41) is 3.09. The third-order valence-electron chi connectivity index (χ3n) is 6.20. The number of alkyl halides is 2. The number of likely N-dealkylation sites (tertiary alicyclic amines) is 1. The molecule has 3 amide bonds. The number of hydrogen-bond acceptors (Lipinski definition) is 5. The lowest BCUT2D eigenvalue weighted by atomic mass is 9.81. The molecule has 30 heavy (non-hydrogen) atoms. The predicted molar refractivity (Wildman–Crippen MR) is 117 cm³/mol. The molecule has 1 saturated heterocycles. The van der Waals surface area contributed by atoms with E-state index in [4.69, 9.17) is 16.3 Å². The van der Waals surface area contributed by atoms with E-state index < -0.39 is 25.0 Å². The molecule has 1 heterocycles. The maximum atomic E-state index is 12.8. The number of aryl methyl sites for hydroxylation is 1. The molecule has 1 aromatic carbocycles. The Morgan fingerprint density at radius 2 is 1.77 bits per heavy atom. The van der Waals surface area contributed by atoms with Gasteiger partial charge in [-0.1, -0.05) is 49.5 Å². The van der Waals surface area contributed by atoms with E-state index in [-0.39, 0.29) is 45.1 Å². The summed E-state index contributed by atoms with van der Waals surface area (Å²) in [5.74, 6) is -2.60. The van der Waals surface area contributed by atoms with E-state index in [0.29, 0.717) is 10.7 Å². The number of carbonyl (C=O) groups is 4. The fraction of sp³-hybridized carbons (Fsp3) is 0.500. The second kappa shape index (κ2) is 8.24. The second-order valence-electron chi connectivity index (χ2n) is 7.93. The van der Waals surface area contributed by atoms with E-state index in [1.54, 1.807) is 18.2 Å². The molecule has 0 spiro atoms. The minimum atomic E-state index is -0.798. The molecule has 1 aromatic rings. The van der Waals surface area contributed by atoms with Gasteiger partial charge in [0.05, 0.1) is 11.8 Å². The Bertz CT molecular complexity index is 910. The first kappa shape index (κ1) is 21.8. The third kappa shape index (κ3) is 3.69. The molecule has 4 rings (SSSR count). The van der Waals surface area contributed by atoms with Crippen LogP contribution in [0.25, 0.3) is 0 Å². The number of nitrogens with one attached hydrogen (secondary N) is 1. The van der Waals surface area contributed by atoms with E-state index in [0.717, 1.165) is 16.9 Å². The predicted octanol–water partition coefficient (Wildman–Crippen LogP) is 2.91. The fourth-order valence-electron chi connectivity index (χ4n) is 4.80. The zero-order valence-corrected chi connectivity index (χ0v) is 19.9. The van der Waals surface area contributed by atoms with Crippen molar-refractivity contribution in [3.8, 4) is 0 Å². The van der Waals surface area contributed by atoms with Crippen molar-refractivity contribution in [2.45, 2.75) is 23.0 Å². The lowest BCUT2D eigenvalue weighted by Crippen LogP contribution is -2.38. The van der Waals surface area contributed by atoms with Crippen LogP contribution in [0.3, 0.4) is 0 Å². The van der Waals surface area contributed by atoms with Crippen molar-refractivity contribution in [1.82, 2.24) is 4.90 Å². The summed E-state index contributed by atoms with van der Waals surface area (Å²) in [6.07, 6.45) is 0.819. The zero-order valence-electron chi connectivity index (χ0n) is 15.9. The minimum absolute atomic E-state index is 0.0774. The van der Waals surface area contributed by atoms with Gasteiger partial charge in [-0.3, -0.25) is 24.1 Å². The van der Waals surface area contributed by atoms with Crippen LogP contribution in [-0.2, 0) is 23.9 Å². The number of anilines is 1. The van der Waals surface area contributed by atoms with Gasteiger partial charge in [-0.05, 0) is 42.9 Å². The molecule has 2 saturated carbocycles. The summed E-state index contributed by atoms with van der Waals surface area (Å²) in [5.41, 5.74) is 1.33.